The zero-order chi connectivity index (χ0) is 12.6. The molecule has 2 aromatic rings. The smallest absolute Gasteiger partial charge is 0.420 e. The van der Waals surface area contributed by atoms with E-state index in [0.717, 1.165) is 32.6 Å². The Morgan fingerprint density at radius 3 is 1.95 bits per heavy atom. The Balaban J connectivity index is 0.000000256. The number of piperazine rings is 1. The van der Waals surface area contributed by atoms with Crippen molar-refractivity contribution in [2.75, 3.05) is 31.1 Å². The molecule has 2 aromatic carbocycles. The fourth-order valence-corrected chi connectivity index (χ4v) is 1.98. The number of anilines is 1. The summed E-state index contributed by atoms with van der Waals surface area (Å²) in [5.74, 6) is 0. The Hall–Kier alpha value is -1.51. The van der Waals surface area contributed by atoms with Crippen molar-refractivity contribution in [3.05, 3.63) is 54.6 Å². The second-order valence-corrected chi connectivity index (χ2v) is 4.23. The first-order valence-electron chi connectivity index (χ1n) is 6.23. The number of nitrogens with zero attached hydrogens (tertiary/aromatic N) is 2. The number of carbonyl (C=O) groups is 1. The van der Waals surface area contributed by atoms with Gasteiger partial charge in [-0.05, 0) is 0 Å². The Labute approximate surface area is 125 Å². The molecule has 0 unspecified atom stereocenters. The summed E-state index contributed by atoms with van der Waals surface area (Å²) in [7, 11) is 0. The number of amides is 1. The van der Waals surface area contributed by atoms with Crippen LogP contribution >= 0.6 is 0 Å². The van der Waals surface area contributed by atoms with Crippen LogP contribution < -0.4 is 4.90 Å². The molecule has 0 N–H and O–H groups in total. The molecule has 0 aromatic heterocycles. The van der Waals surface area contributed by atoms with Crippen LogP contribution in [0.5, 0.6) is 0 Å². The molecule has 3 rings (SSSR count). The summed E-state index contributed by atoms with van der Waals surface area (Å²) in [6, 6.07) is 18.3. The van der Waals surface area contributed by atoms with Crippen molar-refractivity contribution in [3.63, 3.8) is 0 Å². The van der Waals surface area contributed by atoms with E-state index >= 15 is 0 Å². The van der Waals surface area contributed by atoms with Crippen LogP contribution in [0.15, 0.2) is 54.6 Å². The van der Waals surface area contributed by atoms with Crippen LogP contribution in [0.3, 0.4) is 0 Å². The van der Waals surface area contributed by atoms with Crippen molar-refractivity contribution in [3.8, 4) is 0 Å². The monoisotopic (exact) mass is 298 g/mol. The minimum absolute atomic E-state index is 0. The van der Waals surface area contributed by atoms with Gasteiger partial charge < -0.3 is 9.80 Å². The van der Waals surface area contributed by atoms with E-state index in [1.807, 2.05) is 47.4 Å². The van der Waals surface area contributed by atoms with E-state index in [4.69, 9.17) is 0 Å². The molecule has 0 spiro atoms. The van der Waals surface area contributed by atoms with E-state index in [1.165, 1.54) is 5.69 Å². The molecule has 0 atom stereocenters. The molecule has 4 heteroatoms. The molecule has 1 heterocycles. The van der Waals surface area contributed by atoms with E-state index in [0.29, 0.717) is 0 Å². The van der Waals surface area contributed by atoms with Crippen LogP contribution in [-0.4, -0.2) is 37.5 Å². The normalized spacial score (nSPS) is 14.1. The largest absolute Gasteiger partial charge is 2.00 e. The Bertz CT molecular complexity index is 400. The Morgan fingerprint density at radius 1 is 0.947 bits per heavy atom. The molecule has 1 fully saturated rings. The molecular formula is C15H18FeN2O. The quantitative estimate of drug-likeness (QED) is 0.481. The molecule has 1 amide bonds. The van der Waals surface area contributed by atoms with Crippen LogP contribution in [-0.2, 0) is 21.9 Å². The van der Waals surface area contributed by atoms with Crippen LogP contribution in [0.2, 0.25) is 0 Å². The van der Waals surface area contributed by atoms with E-state index in [2.05, 4.69) is 17.0 Å². The van der Waals surface area contributed by atoms with E-state index < -0.39 is 0 Å². The van der Waals surface area contributed by atoms with Crippen molar-refractivity contribution < 1.29 is 21.9 Å². The summed E-state index contributed by atoms with van der Waals surface area (Å²) >= 11 is 0. The van der Waals surface area contributed by atoms with Gasteiger partial charge in [0, 0.05) is 26.2 Å². The third-order valence-corrected chi connectivity index (χ3v) is 3.03. The van der Waals surface area contributed by atoms with Gasteiger partial charge in [0.2, 0.25) is 6.41 Å². The van der Waals surface area contributed by atoms with Crippen molar-refractivity contribution in [2.24, 2.45) is 0 Å². The second kappa shape index (κ2) is 8.57. The maximum absolute atomic E-state index is 10.5. The van der Waals surface area contributed by atoms with Gasteiger partial charge in [-0.1, -0.05) is 5.69 Å². The van der Waals surface area contributed by atoms with Gasteiger partial charge in [-0.15, -0.1) is 0 Å². The first kappa shape index (κ1) is 15.5. The standard InChI is InChI=1S/C10H13N2O.C5H5.Fe/c13-9-11-5-7-12(8-6-11)10-3-1-2-4-10;1-2-4-5-3-1;/h1-4,9H,5-8H2;1-5H;/q2*-1;+2. The Morgan fingerprint density at radius 2 is 1.53 bits per heavy atom. The summed E-state index contributed by atoms with van der Waals surface area (Å²) in [5, 5.41) is 0. The van der Waals surface area contributed by atoms with E-state index in [-0.39, 0.29) is 17.1 Å². The van der Waals surface area contributed by atoms with Crippen LogP contribution in [0, 0.1) is 0 Å². The van der Waals surface area contributed by atoms with Crippen LogP contribution in [0.4, 0.5) is 5.69 Å². The molecule has 1 aliphatic rings. The first-order chi connectivity index (χ1) is 8.90. The van der Waals surface area contributed by atoms with Gasteiger partial charge in [-0.2, -0.15) is 30.3 Å². The maximum Gasteiger partial charge on any atom is 2.00 e. The van der Waals surface area contributed by atoms with Crippen LogP contribution in [0.1, 0.15) is 0 Å². The second-order valence-electron chi connectivity index (χ2n) is 4.23. The van der Waals surface area contributed by atoms with Crippen molar-refractivity contribution in [1.82, 2.24) is 4.90 Å². The molecule has 0 radical (unpaired) electrons. The zero-order valence-electron chi connectivity index (χ0n) is 10.8. The number of carbonyl (C=O) groups excluding carboxylic acids is 1. The number of hydrogen-bond acceptors (Lipinski definition) is 2. The first-order valence-corrected chi connectivity index (χ1v) is 6.23. The predicted octanol–water partition coefficient (Wildman–Crippen LogP) is 2.09. The number of hydrogen-bond donors (Lipinski definition) is 0. The number of rotatable bonds is 2. The minimum atomic E-state index is 0. The summed E-state index contributed by atoms with van der Waals surface area (Å²) in [4.78, 5) is 14.6. The summed E-state index contributed by atoms with van der Waals surface area (Å²) < 4.78 is 0. The zero-order valence-corrected chi connectivity index (χ0v) is 11.9. The summed E-state index contributed by atoms with van der Waals surface area (Å²) in [6.45, 7) is 3.58. The molecule has 1 aliphatic heterocycles. The molecule has 19 heavy (non-hydrogen) atoms. The summed E-state index contributed by atoms with van der Waals surface area (Å²) in [6.07, 6.45) is 0.933. The van der Waals surface area contributed by atoms with Crippen LogP contribution in [0.25, 0.3) is 0 Å². The van der Waals surface area contributed by atoms with Crippen molar-refractivity contribution >= 4 is 12.1 Å². The predicted molar refractivity (Wildman–Crippen MR) is 73.9 cm³/mol. The molecule has 0 aliphatic carbocycles. The van der Waals surface area contributed by atoms with Gasteiger partial charge in [0.05, 0.1) is 0 Å². The van der Waals surface area contributed by atoms with Gasteiger partial charge in [-0.3, -0.25) is 4.79 Å². The van der Waals surface area contributed by atoms with Crippen molar-refractivity contribution in [2.45, 2.75) is 0 Å². The minimum Gasteiger partial charge on any atom is -0.420 e. The third kappa shape index (κ3) is 4.93. The van der Waals surface area contributed by atoms with E-state index in [1.54, 1.807) is 0 Å². The molecular weight excluding hydrogens is 280 g/mol. The van der Waals surface area contributed by atoms with Gasteiger partial charge >= 0.3 is 17.1 Å². The van der Waals surface area contributed by atoms with Gasteiger partial charge in [-0.25, -0.2) is 24.3 Å². The third-order valence-electron chi connectivity index (χ3n) is 3.03. The fourth-order valence-electron chi connectivity index (χ4n) is 1.98. The average molecular weight is 298 g/mol. The molecule has 102 valence electrons. The van der Waals surface area contributed by atoms with Gasteiger partial charge in [0.15, 0.2) is 0 Å². The topological polar surface area (TPSA) is 23.6 Å². The van der Waals surface area contributed by atoms with Gasteiger partial charge in [0.25, 0.3) is 0 Å². The fraction of sp³-hybridized carbons (Fsp3) is 0.267. The van der Waals surface area contributed by atoms with Crippen molar-refractivity contribution in [1.29, 1.82) is 0 Å². The van der Waals surface area contributed by atoms with E-state index in [9.17, 15) is 4.79 Å². The Kier molecular flexibility index (Phi) is 7.01. The molecule has 1 saturated heterocycles. The molecule has 3 nitrogen and oxygen atoms in total. The molecule has 0 bridgehead atoms. The van der Waals surface area contributed by atoms with Gasteiger partial charge in [0.1, 0.15) is 0 Å². The maximum atomic E-state index is 10.5. The average Bonchev–Trinajstić information content (AvgIpc) is 3.14. The molecule has 0 saturated carbocycles. The summed E-state index contributed by atoms with van der Waals surface area (Å²) in [5.41, 5.74) is 1.27. The SMILES string of the molecule is O=CN1CCN([c-]2cccc2)CC1.[Fe+2].c1cc[cH-]c1.